The molecule has 0 aromatic carbocycles. The monoisotopic (exact) mass is 224 g/mol. The molecule has 16 heavy (non-hydrogen) atoms. The molecular formula is C13H24N2O. The predicted molar refractivity (Wildman–Crippen MR) is 65.8 cm³/mol. The average molecular weight is 224 g/mol. The van der Waals surface area contributed by atoms with Gasteiger partial charge in [0.1, 0.15) is 0 Å². The smallest absolute Gasteiger partial charge is 0.0651 e. The Balaban J connectivity index is 2.27. The summed E-state index contributed by atoms with van der Waals surface area (Å²) >= 11 is 0. The lowest BCUT2D eigenvalue weighted by atomic mass is 9.64. The fourth-order valence-corrected chi connectivity index (χ4v) is 3.94. The van der Waals surface area contributed by atoms with Crippen LogP contribution in [0.1, 0.15) is 27.2 Å². The summed E-state index contributed by atoms with van der Waals surface area (Å²) in [7, 11) is 4.19. The van der Waals surface area contributed by atoms with E-state index in [0.717, 1.165) is 12.3 Å². The van der Waals surface area contributed by atoms with Gasteiger partial charge in [-0.3, -0.25) is 0 Å². The van der Waals surface area contributed by atoms with Crippen LogP contribution in [0.15, 0.2) is 5.16 Å². The highest BCUT2D eigenvalue weighted by Crippen LogP contribution is 2.60. The number of rotatable bonds is 2. The van der Waals surface area contributed by atoms with E-state index in [9.17, 15) is 5.21 Å². The molecule has 3 heteroatoms. The Bertz CT molecular complexity index is 309. The number of hydrogen-bond donors (Lipinski definition) is 1. The lowest BCUT2D eigenvalue weighted by Crippen LogP contribution is -2.43. The number of hydrogen-bond acceptors (Lipinski definition) is 3. The van der Waals surface area contributed by atoms with Crippen LogP contribution in [0.4, 0.5) is 0 Å². The highest BCUT2D eigenvalue weighted by Gasteiger charge is 2.58. The second-order valence-electron chi connectivity index (χ2n) is 6.45. The Morgan fingerprint density at radius 2 is 2.06 bits per heavy atom. The maximum absolute atomic E-state index is 9.23. The molecule has 2 aliphatic rings. The maximum Gasteiger partial charge on any atom is 0.0651 e. The molecule has 3 nitrogen and oxygen atoms in total. The first-order valence-electron chi connectivity index (χ1n) is 6.26. The van der Waals surface area contributed by atoms with E-state index in [1.54, 1.807) is 0 Å². The van der Waals surface area contributed by atoms with Gasteiger partial charge in [0.25, 0.3) is 0 Å². The Labute approximate surface area is 98.5 Å². The van der Waals surface area contributed by atoms with Crippen molar-refractivity contribution in [2.75, 3.05) is 20.6 Å². The fourth-order valence-electron chi connectivity index (χ4n) is 3.94. The topological polar surface area (TPSA) is 35.8 Å². The normalized spacial score (nSPS) is 43.5. The van der Waals surface area contributed by atoms with Gasteiger partial charge >= 0.3 is 0 Å². The number of fused-ring (bicyclic) bond motifs is 2. The summed E-state index contributed by atoms with van der Waals surface area (Å²) in [5.74, 6) is 2.29. The molecule has 0 spiro atoms. The van der Waals surface area contributed by atoms with Gasteiger partial charge in [-0.05, 0) is 37.8 Å². The lowest BCUT2D eigenvalue weighted by Gasteiger charge is -2.41. The standard InChI is InChI=1S/C13H24N2O/c1-8-9-6-11(13(8,2)3)10(7-15(4)5)12(9)14-16/h8-11,16H,6-7H2,1-5H3/b14-12-/t8-,9-,10+,11-/m1/s1. The second-order valence-corrected chi connectivity index (χ2v) is 6.45. The van der Waals surface area contributed by atoms with Crippen molar-refractivity contribution in [3.8, 4) is 0 Å². The highest BCUT2D eigenvalue weighted by molar-refractivity contribution is 5.92. The summed E-state index contributed by atoms with van der Waals surface area (Å²) in [5, 5.41) is 12.8. The Hall–Kier alpha value is -0.570. The minimum absolute atomic E-state index is 0.388. The molecule has 92 valence electrons. The van der Waals surface area contributed by atoms with E-state index in [4.69, 9.17) is 0 Å². The first kappa shape index (κ1) is 11.9. The van der Waals surface area contributed by atoms with E-state index >= 15 is 0 Å². The van der Waals surface area contributed by atoms with Gasteiger partial charge in [-0.15, -0.1) is 0 Å². The molecule has 0 aromatic rings. The van der Waals surface area contributed by atoms with Gasteiger partial charge in [0.2, 0.25) is 0 Å². The summed E-state index contributed by atoms with van der Waals surface area (Å²) in [6.07, 6.45) is 1.21. The zero-order chi connectivity index (χ0) is 12.1. The minimum atomic E-state index is 0.388. The molecule has 2 fully saturated rings. The summed E-state index contributed by atoms with van der Waals surface area (Å²) in [6, 6.07) is 0. The van der Waals surface area contributed by atoms with Crippen LogP contribution < -0.4 is 0 Å². The van der Waals surface area contributed by atoms with Crippen LogP contribution in [0.5, 0.6) is 0 Å². The third kappa shape index (κ3) is 1.48. The van der Waals surface area contributed by atoms with Crippen molar-refractivity contribution in [3.05, 3.63) is 0 Å². The van der Waals surface area contributed by atoms with Crippen molar-refractivity contribution < 1.29 is 5.21 Å². The quantitative estimate of drug-likeness (QED) is 0.577. The van der Waals surface area contributed by atoms with Crippen molar-refractivity contribution in [1.29, 1.82) is 0 Å². The van der Waals surface area contributed by atoms with Gasteiger partial charge < -0.3 is 10.1 Å². The largest absolute Gasteiger partial charge is 0.411 e. The summed E-state index contributed by atoms with van der Waals surface area (Å²) in [4.78, 5) is 2.21. The van der Waals surface area contributed by atoms with E-state index in [1.807, 2.05) is 0 Å². The molecule has 2 rings (SSSR count). The van der Waals surface area contributed by atoms with Crippen LogP contribution in [-0.2, 0) is 0 Å². The van der Waals surface area contributed by atoms with Crippen LogP contribution in [0.2, 0.25) is 0 Å². The SMILES string of the molecule is C[C@@H]1[C@H]2C[C@H]([C@H](CN(C)C)/C2=N\O)C1(C)C. The lowest BCUT2D eigenvalue weighted by molar-refractivity contribution is 0.128. The van der Waals surface area contributed by atoms with E-state index in [1.165, 1.54) is 6.42 Å². The van der Waals surface area contributed by atoms with Gasteiger partial charge in [-0.1, -0.05) is 25.9 Å². The molecule has 0 saturated heterocycles. The maximum atomic E-state index is 9.23. The zero-order valence-corrected chi connectivity index (χ0v) is 11.1. The first-order valence-corrected chi connectivity index (χ1v) is 6.26. The molecule has 2 bridgehead atoms. The van der Waals surface area contributed by atoms with Crippen LogP contribution >= 0.6 is 0 Å². The second kappa shape index (κ2) is 3.73. The van der Waals surface area contributed by atoms with Gasteiger partial charge in [0.05, 0.1) is 5.71 Å². The summed E-state index contributed by atoms with van der Waals surface area (Å²) in [5.41, 5.74) is 1.45. The van der Waals surface area contributed by atoms with Crippen LogP contribution in [-0.4, -0.2) is 36.5 Å². The van der Waals surface area contributed by atoms with Crippen molar-refractivity contribution in [2.45, 2.75) is 27.2 Å². The zero-order valence-electron chi connectivity index (χ0n) is 11.1. The van der Waals surface area contributed by atoms with Gasteiger partial charge in [0.15, 0.2) is 0 Å². The van der Waals surface area contributed by atoms with Crippen LogP contribution in [0.25, 0.3) is 0 Å². The molecule has 0 unspecified atom stereocenters. The molecule has 0 amide bonds. The highest BCUT2D eigenvalue weighted by atomic mass is 16.4. The van der Waals surface area contributed by atoms with Crippen molar-refractivity contribution in [2.24, 2.45) is 34.2 Å². The molecule has 0 radical (unpaired) electrons. The van der Waals surface area contributed by atoms with Gasteiger partial charge in [-0.2, -0.15) is 0 Å². The van der Waals surface area contributed by atoms with E-state index in [-0.39, 0.29) is 0 Å². The molecule has 0 heterocycles. The van der Waals surface area contributed by atoms with Gasteiger partial charge in [-0.25, -0.2) is 0 Å². The summed E-state index contributed by atoms with van der Waals surface area (Å²) < 4.78 is 0. The molecule has 0 aromatic heterocycles. The fraction of sp³-hybridized carbons (Fsp3) is 0.923. The van der Waals surface area contributed by atoms with Crippen LogP contribution in [0, 0.1) is 29.1 Å². The Morgan fingerprint density at radius 3 is 2.56 bits per heavy atom. The molecule has 0 aliphatic heterocycles. The molecular weight excluding hydrogens is 200 g/mol. The van der Waals surface area contributed by atoms with Crippen molar-refractivity contribution in [3.63, 3.8) is 0 Å². The average Bonchev–Trinajstić information content (AvgIpc) is 2.63. The predicted octanol–water partition coefficient (Wildman–Crippen LogP) is 2.31. The Kier molecular flexibility index (Phi) is 2.77. The van der Waals surface area contributed by atoms with E-state index in [2.05, 4.69) is 44.9 Å². The third-order valence-electron chi connectivity index (χ3n) is 5.16. The van der Waals surface area contributed by atoms with E-state index in [0.29, 0.717) is 29.1 Å². The molecule has 2 saturated carbocycles. The molecule has 2 aliphatic carbocycles. The Morgan fingerprint density at radius 1 is 1.44 bits per heavy atom. The van der Waals surface area contributed by atoms with Crippen molar-refractivity contribution in [1.82, 2.24) is 4.90 Å². The number of oxime groups is 1. The van der Waals surface area contributed by atoms with Crippen molar-refractivity contribution >= 4 is 5.71 Å². The van der Waals surface area contributed by atoms with Crippen LogP contribution in [0.3, 0.4) is 0 Å². The summed E-state index contributed by atoms with van der Waals surface area (Å²) in [6.45, 7) is 8.07. The first-order chi connectivity index (χ1) is 7.39. The molecule has 4 atom stereocenters. The molecule has 1 N–H and O–H groups in total. The number of nitrogens with zero attached hydrogens (tertiary/aromatic N) is 2. The minimum Gasteiger partial charge on any atom is -0.411 e. The third-order valence-corrected chi connectivity index (χ3v) is 5.16. The van der Waals surface area contributed by atoms with E-state index < -0.39 is 0 Å². The van der Waals surface area contributed by atoms with Gasteiger partial charge in [0, 0.05) is 18.4 Å².